The summed E-state index contributed by atoms with van der Waals surface area (Å²) in [6.45, 7) is 5.72. The zero-order valence-electron chi connectivity index (χ0n) is 14.4. The zero-order valence-corrected chi connectivity index (χ0v) is 15.2. The Morgan fingerprint density at radius 3 is 2.60 bits per heavy atom. The molecule has 0 spiro atoms. The summed E-state index contributed by atoms with van der Waals surface area (Å²) in [4.78, 5) is 31.0. The van der Waals surface area contributed by atoms with Crippen molar-refractivity contribution >= 4 is 34.0 Å². The van der Waals surface area contributed by atoms with Crippen molar-refractivity contribution in [2.24, 2.45) is 0 Å². The lowest BCUT2D eigenvalue weighted by atomic mass is 10.0. The molecule has 0 saturated heterocycles. The van der Waals surface area contributed by atoms with Gasteiger partial charge in [-0.25, -0.2) is 4.79 Å². The lowest BCUT2D eigenvalue weighted by Gasteiger charge is -2.11. The Labute approximate surface area is 150 Å². The molecule has 3 aromatic rings. The smallest absolute Gasteiger partial charge is 0.339 e. The monoisotopic (exact) mass is 353 g/mol. The maximum absolute atomic E-state index is 12.6. The van der Waals surface area contributed by atoms with Crippen LogP contribution in [0.4, 0.5) is 0 Å². The van der Waals surface area contributed by atoms with Gasteiger partial charge >= 0.3 is 5.97 Å². The van der Waals surface area contributed by atoms with Crippen LogP contribution >= 0.6 is 11.3 Å². The van der Waals surface area contributed by atoms with Crippen LogP contribution in [0, 0.1) is 6.92 Å². The van der Waals surface area contributed by atoms with E-state index in [4.69, 9.17) is 4.74 Å². The highest BCUT2D eigenvalue weighted by Gasteiger charge is 2.17. The Hall–Kier alpha value is -2.53. The fourth-order valence-electron chi connectivity index (χ4n) is 2.52. The minimum atomic E-state index is -0.498. The summed E-state index contributed by atoms with van der Waals surface area (Å²) in [6, 6.07) is 12.9. The first-order chi connectivity index (χ1) is 12.0. The number of carbonyl (C=O) groups is 2. The summed E-state index contributed by atoms with van der Waals surface area (Å²) < 4.78 is 5.29. The van der Waals surface area contributed by atoms with Gasteiger partial charge in [0.1, 0.15) is 0 Å². The van der Waals surface area contributed by atoms with Crippen LogP contribution in [0.15, 0.2) is 42.5 Å². The van der Waals surface area contributed by atoms with Crippen LogP contribution in [0.5, 0.6) is 0 Å². The molecule has 1 aromatic carbocycles. The van der Waals surface area contributed by atoms with E-state index in [0.29, 0.717) is 10.4 Å². The summed E-state index contributed by atoms with van der Waals surface area (Å²) in [7, 11) is 0. The largest absolute Gasteiger partial charge is 0.454 e. The van der Waals surface area contributed by atoms with Crippen molar-refractivity contribution in [1.29, 1.82) is 0 Å². The quantitative estimate of drug-likeness (QED) is 0.490. The van der Waals surface area contributed by atoms with Gasteiger partial charge in [-0.1, -0.05) is 32.0 Å². The number of benzene rings is 1. The Bertz CT molecular complexity index is 943. The molecule has 5 heteroatoms. The third-order valence-electron chi connectivity index (χ3n) is 3.90. The molecule has 0 N–H and O–H groups in total. The molecule has 2 heterocycles. The Morgan fingerprint density at radius 2 is 1.92 bits per heavy atom. The first-order valence-electron chi connectivity index (χ1n) is 8.12. The van der Waals surface area contributed by atoms with Crippen LogP contribution in [0.3, 0.4) is 0 Å². The van der Waals surface area contributed by atoms with Gasteiger partial charge in [-0.3, -0.25) is 9.78 Å². The van der Waals surface area contributed by atoms with Crippen molar-refractivity contribution in [2.45, 2.75) is 26.7 Å². The van der Waals surface area contributed by atoms with Crippen LogP contribution < -0.4 is 0 Å². The number of hydrogen-bond donors (Lipinski definition) is 0. The average molecular weight is 353 g/mol. The number of Topliss-reactive ketones (excluding diaryl/α,β-unsaturated/α-hetero) is 1. The van der Waals surface area contributed by atoms with Gasteiger partial charge in [-0.05, 0) is 37.1 Å². The second kappa shape index (κ2) is 7.15. The summed E-state index contributed by atoms with van der Waals surface area (Å²) >= 11 is 1.40. The Balaban J connectivity index is 1.85. The maximum atomic E-state index is 12.6. The summed E-state index contributed by atoms with van der Waals surface area (Å²) in [6.07, 6.45) is 0. The number of nitrogens with zero attached hydrogens (tertiary/aromatic N) is 1. The molecule has 0 aliphatic heterocycles. The molecule has 0 unspecified atom stereocenters. The van der Waals surface area contributed by atoms with Gasteiger partial charge in [0.15, 0.2) is 6.61 Å². The number of ketones is 1. The van der Waals surface area contributed by atoms with Gasteiger partial charge in [0.25, 0.3) is 0 Å². The average Bonchev–Trinajstić information content (AvgIpc) is 3.04. The number of aromatic nitrogens is 1. The van der Waals surface area contributed by atoms with E-state index in [0.717, 1.165) is 21.5 Å². The lowest BCUT2D eigenvalue weighted by Crippen LogP contribution is -2.14. The molecular formula is C20H19NO3S. The van der Waals surface area contributed by atoms with E-state index >= 15 is 0 Å². The third-order valence-corrected chi connectivity index (χ3v) is 4.94. The van der Waals surface area contributed by atoms with Crippen molar-refractivity contribution < 1.29 is 14.3 Å². The van der Waals surface area contributed by atoms with Crippen molar-refractivity contribution in [2.75, 3.05) is 6.61 Å². The van der Waals surface area contributed by atoms with Gasteiger partial charge in [-0.2, -0.15) is 0 Å². The van der Waals surface area contributed by atoms with Crippen LogP contribution in [-0.4, -0.2) is 23.3 Å². The minimum Gasteiger partial charge on any atom is -0.454 e. The first kappa shape index (κ1) is 17.3. The molecule has 0 bridgehead atoms. The molecule has 0 aliphatic rings. The number of fused-ring (bicyclic) bond motifs is 1. The molecule has 128 valence electrons. The van der Waals surface area contributed by atoms with E-state index in [1.165, 1.54) is 11.3 Å². The van der Waals surface area contributed by atoms with E-state index in [2.05, 4.69) is 4.98 Å². The highest BCUT2D eigenvalue weighted by Crippen LogP contribution is 2.23. The lowest BCUT2D eigenvalue weighted by molar-refractivity contribution is 0.0477. The summed E-state index contributed by atoms with van der Waals surface area (Å²) in [5.41, 5.74) is 2.02. The van der Waals surface area contributed by atoms with Gasteiger partial charge < -0.3 is 4.74 Å². The standard InChI is InChI=1S/C20H19NO3S/c1-12(2)17-10-15(14-6-4-5-7-16(14)21-17)20(23)24-11-18(22)19-9-8-13(3)25-19/h4-10,12H,11H2,1-3H3. The molecule has 4 nitrogen and oxygen atoms in total. The zero-order chi connectivity index (χ0) is 18.0. The topological polar surface area (TPSA) is 56.3 Å². The summed E-state index contributed by atoms with van der Waals surface area (Å²) in [5, 5.41) is 0.733. The molecular weight excluding hydrogens is 334 g/mol. The second-order valence-corrected chi connectivity index (χ2v) is 7.46. The van der Waals surface area contributed by atoms with Gasteiger partial charge in [0.2, 0.25) is 5.78 Å². The van der Waals surface area contributed by atoms with Crippen molar-refractivity contribution in [3.63, 3.8) is 0 Å². The maximum Gasteiger partial charge on any atom is 0.339 e. The molecule has 0 saturated carbocycles. The van der Waals surface area contributed by atoms with Crippen molar-refractivity contribution in [1.82, 2.24) is 4.98 Å². The Kier molecular flexibility index (Phi) is 4.95. The fourth-order valence-corrected chi connectivity index (χ4v) is 3.32. The predicted molar refractivity (Wildman–Crippen MR) is 99.5 cm³/mol. The number of para-hydroxylation sites is 1. The second-order valence-electron chi connectivity index (χ2n) is 6.18. The van der Waals surface area contributed by atoms with Crippen LogP contribution in [0.1, 0.15) is 50.4 Å². The SMILES string of the molecule is Cc1ccc(C(=O)COC(=O)c2cc(C(C)C)nc3ccccc23)s1. The van der Waals surface area contributed by atoms with Gasteiger partial charge in [0, 0.05) is 16.0 Å². The molecule has 0 aliphatic carbocycles. The normalized spacial score (nSPS) is 11.0. The fraction of sp³-hybridized carbons (Fsp3) is 0.250. The first-order valence-corrected chi connectivity index (χ1v) is 8.94. The number of carbonyl (C=O) groups excluding carboxylic acids is 2. The number of thiophene rings is 1. The number of esters is 1. The number of pyridine rings is 1. The number of ether oxygens (including phenoxy) is 1. The van der Waals surface area contributed by atoms with Gasteiger partial charge in [-0.15, -0.1) is 11.3 Å². The molecule has 0 atom stereocenters. The number of aryl methyl sites for hydroxylation is 1. The molecule has 0 radical (unpaired) electrons. The molecule has 0 fully saturated rings. The molecule has 25 heavy (non-hydrogen) atoms. The van der Waals surface area contributed by atoms with Gasteiger partial charge in [0.05, 0.1) is 16.0 Å². The van der Waals surface area contributed by atoms with E-state index < -0.39 is 5.97 Å². The van der Waals surface area contributed by atoms with Crippen molar-refractivity contribution in [3.05, 3.63) is 63.5 Å². The summed E-state index contributed by atoms with van der Waals surface area (Å²) in [5.74, 6) is -0.497. The number of hydrogen-bond acceptors (Lipinski definition) is 5. The highest BCUT2D eigenvalue weighted by molar-refractivity contribution is 7.14. The van der Waals surface area contributed by atoms with Crippen LogP contribution in [-0.2, 0) is 4.74 Å². The van der Waals surface area contributed by atoms with Crippen molar-refractivity contribution in [3.8, 4) is 0 Å². The molecule has 0 amide bonds. The molecule has 2 aromatic heterocycles. The van der Waals surface area contributed by atoms with E-state index in [-0.39, 0.29) is 18.3 Å². The molecule has 3 rings (SSSR count). The number of rotatable bonds is 5. The van der Waals surface area contributed by atoms with E-state index in [1.807, 2.05) is 51.1 Å². The Morgan fingerprint density at radius 1 is 1.16 bits per heavy atom. The van der Waals surface area contributed by atoms with E-state index in [9.17, 15) is 9.59 Å². The predicted octanol–water partition coefficient (Wildman–Crippen LogP) is 4.77. The highest BCUT2D eigenvalue weighted by atomic mass is 32.1. The third kappa shape index (κ3) is 3.77. The minimum absolute atomic E-state index is 0.186. The van der Waals surface area contributed by atoms with Crippen LogP contribution in [0.25, 0.3) is 10.9 Å². The van der Waals surface area contributed by atoms with E-state index in [1.54, 1.807) is 12.1 Å². The van der Waals surface area contributed by atoms with Crippen LogP contribution in [0.2, 0.25) is 0 Å².